The Morgan fingerprint density at radius 3 is 2.88 bits per heavy atom. The van der Waals surface area contributed by atoms with Crippen LogP contribution in [0.15, 0.2) is 63.7 Å². The second-order valence-corrected chi connectivity index (χ2v) is 8.85. The van der Waals surface area contributed by atoms with Gasteiger partial charge in [0.2, 0.25) is 5.91 Å². The van der Waals surface area contributed by atoms with Gasteiger partial charge in [0.25, 0.3) is 11.1 Å². The number of hydrogen-bond donors (Lipinski definition) is 2. The fourth-order valence-electron chi connectivity index (χ4n) is 3.37. The molecule has 11 heteroatoms. The number of hydrogen-bond acceptors (Lipinski definition) is 9. The predicted octanol–water partition coefficient (Wildman–Crippen LogP) is 5.09. The second-order valence-electron chi connectivity index (χ2n) is 7.06. The first-order valence-electron chi connectivity index (χ1n) is 10.1. The number of amides is 1. The lowest BCUT2D eigenvalue weighted by atomic mass is 10.1. The summed E-state index contributed by atoms with van der Waals surface area (Å²) in [4.78, 5) is 20.1. The van der Waals surface area contributed by atoms with Gasteiger partial charge in [-0.3, -0.25) is 4.79 Å². The quantitative estimate of drug-likeness (QED) is 0.287. The minimum Gasteiger partial charge on any atom is -0.497 e. The maximum absolute atomic E-state index is 12.4. The van der Waals surface area contributed by atoms with E-state index in [9.17, 15) is 4.79 Å². The Bertz CT molecular complexity index is 1460. The lowest BCUT2D eigenvalue weighted by Crippen LogP contribution is -2.13. The van der Waals surface area contributed by atoms with Crippen molar-refractivity contribution in [1.82, 2.24) is 20.2 Å². The fourth-order valence-corrected chi connectivity index (χ4v) is 4.66. The lowest BCUT2D eigenvalue weighted by molar-refractivity contribution is -0.113. The number of carbonyl (C=O) groups excluding carboxylic acids is 1. The van der Waals surface area contributed by atoms with Crippen LogP contribution in [0.4, 0.5) is 5.13 Å². The van der Waals surface area contributed by atoms with E-state index in [0.717, 1.165) is 22.0 Å². The van der Waals surface area contributed by atoms with Crippen molar-refractivity contribution in [2.24, 2.45) is 0 Å². The van der Waals surface area contributed by atoms with E-state index < -0.39 is 0 Å². The van der Waals surface area contributed by atoms with Gasteiger partial charge < -0.3 is 24.2 Å². The maximum Gasteiger partial charge on any atom is 0.277 e. The van der Waals surface area contributed by atoms with Crippen molar-refractivity contribution in [3.05, 3.63) is 54.0 Å². The number of carbonyl (C=O) groups is 1. The van der Waals surface area contributed by atoms with E-state index in [0.29, 0.717) is 33.4 Å². The number of rotatable bonds is 8. The first-order chi connectivity index (χ1) is 16.6. The van der Waals surface area contributed by atoms with Crippen LogP contribution in [-0.4, -0.2) is 46.0 Å². The Morgan fingerprint density at radius 2 is 2.03 bits per heavy atom. The highest BCUT2D eigenvalue weighted by molar-refractivity contribution is 7.99. The Balaban J connectivity index is 1.21. The molecule has 5 rings (SSSR count). The third kappa shape index (κ3) is 4.47. The van der Waals surface area contributed by atoms with E-state index in [1.165, 1.54) is 23.1 Å². The molecule has 0 bridgehead atoms. The zero-order chi connectivity index (χ0) is 23.5. The van der Waals surface area contributed by atoms with Crippen molar-refractivity contribution in [2.45, 2.75) is 5.22 Å². The van der Waals surface area contributed by atoms with E-state index in [1.54, 1.807) is 20.3 Å². The molecule has 5 aromatic rings. The molecule has 3 heterocycles. The number of nitrogens with zero attached hydrogens (tertiary/aromatic N) is 3. The minimum absolute atomic E-state index is 0.107. The van der Waals surface area contributed by atoms with Gasteiger partial charge in [-0.15, -0.1) is 21.5 Å². The van der Waals surface area contributed by atoms with Crippen LogP contribution in [0.2, 0.25) is 0 Å². The molecule has 2 aromatic carbocycles. The van der Waals surface area contributed by atoms with Crippen LogP contribution in [-0.2, 0) is 4.79 Å². The highest BCUT2D eigenvalue weighted by Gasteiger charge is 2.16. The number of fused-ring (bicyclic) bond motifs is 1. The minimum atomic E-state index is -0.223. The molecule has 0 aliphatic heterocycles. The van der Waals surface area contributed by atoms with E-state index in [-0.39, 0.29) is 11.7 Å². The number of thiazole rings is 1. The summed E-state index contributed by atoms with van der Waals surface area (Å²) in [6.45, 7) is 0. The number of methoxy groups -OCH3 is 2. The summed E-state index contributed by atoms with van der Waals surface area (Å²) < 4.78 is 16.4. The summed E-state index contributed by atoms with van der Waals surface area (Å²) in [5, 5.41) is 14.6. The van der Waals surface area contributed by atoms with Crippen LogP contribution in [0, 0.1) is 0 Å². The van der Waals surface area contributed by atoms with Gasteiger partial charge in [0.05, 0.1) is 31.2 Å². The highest BCUT2D eigenvalue weighted by Crippen LogP contribution is 2.35. The summed E-state index contributed by atoms with van der Waals surface area (Å²) in [7, 11) is 3.19. The largest absolute Gasteiger partial charge is 0.497 e. The van der Waals surface area contributed by atoms with E-state index in [2.05, 4.69) is 25.5 Å². The molecule has 0 saturated heterocycles. The fraction of sp³-hybridized carbons (Fsp3) is 0.130. The van der Waals surface area contributed by atoms with E-state index in [4.69, 9.17) is 13.9 Å². The number of nitrogens with one attached hydrogen (secondary N) is 2. The number of aromatic amines is 1. The molecular formula is C23H19N5O4S2. The average Bonchev–Trinajstić information content (AvgIpc) is 3.62. The molecule has 34 heavy (non-hydrogen) atoms. The monoisotopic (exact) mass is 493 g/mol. The number of H-pyrrole nitrogens is 1. The van der Waals surface area contributed by atoms with Gasteiger partial charge in [0, 0.05) is 34.1 Å². The van der Waals surface area contributed by atoms with Gasteiger partial charge in [0.15, 0.2) is 5.13 Å². The second kappa shape index (κ2) is 9.57. The molecule has 0 aliphatic rings. The van der Waals surface area contributed by atoms with Gasteiger partial charge >= 0.3 is 0 Å². The topological polar surface area (TPSA) is 115 Å². The van der Waals surface area contributed by atoms with Crippen molar-refractivity contribution < 1.29 is 18.7 Å². The molecule has 1 amide bonds. The smallest absolute Gasteiger partial charge is 0.277 e. The van der Waals surface area contributed by atoms with Crippen molar-refractivity contribution >= 4 is 45.0 Å². The molecule has 0 unspecified atom stereocenters. The highest BCUT2D eigenvalue weighted by atomic mass is 32.2. The SMILES string of the molecule is COc1ccc(-c2csc(NC(=O)CSc3nnc(-c4c[nH]c5ccccc45)o3)n2)c(OC)c1. The van der Waals surface area contributed by atoms with Crippen LogP contribution >= 0.6 is 23.1 Å². The number of anilines is 1. The molecule has 0 radical (unpaired) electrons. The van der Waals surface area contributed by atoms with Crippen molar-refractivity contribution in [1.29, 1.82) is 0 Å². The van der Waals surface area contributed by atoms with Crippen LogP contribution in [0.1, 0.15) is 0 Å². The Hall–Kier alpha value is -3.83. The summed E-state index contributed by atoms with van der Waals surface area (Å²) >= 11 is 2.50. The van der Waals surface area contributed by atoms with Gasteiger partial charge in [-0.05, 0) is 18.2 Å². The summed E-state index contributed by atoms with van der Waals surface area (Å²) in [6, 6.07) is 13.4. The molecule has 172 valence electrons. The number of aromatic nitrogens is 4. The predicted molar refractivity (Wildman–Crippen MR) is 132 cm³/mol. The van der Waals surface area contributed by atoms with Crippen LogP contribution in [0.3, 0.4) is 0 Å². The standard InChI is InChI=1S/C23H19N5O4S2/c1-30-13-7-8-15(19(9-13)31-2)18-11-33-22(25-18)26-20(29)12-34-23-28-27-21(32-23)16-10-24-17-6-4-3-5-14(16)17/h3-11,24H,12H2,1-2H3,(H,25,26,29). The van der Waals surface area contributed by atoms with Crippen LogP contribution < -0.4 is 14.8 Å². The first kappa shape index (κ1) is 22.0. The number of benzene rings is 2. The zero-order valence-corrected chi connectivity index (χ0v) is 19.8. The molecule has 0 aliphatic carbocycles. The first-order valence-corrected chi connectivity index (χ1v) is 12.0. The number of para-hydroxylation sites is 1. The normalized spacial score (nSPS) is 11.0. The number of ether oxygens (including phenoxy) is 2. The van der Waals surface area contributed by atoms with Crippen molar-refractivity contribution in [2.75, 3.05) is 25.3 Å². The molecule has 0 atom stereocenters. The Labute approximate surface area is 202 Å². The molecule has 0 spiro atoms. The number of thioether (sulfide) groups is 1. The summed E-state index contributed by atoms with van der Waals surface area (Å²) in [5.74, 6) is 1.62. The van der Waals surface area contributed by atoms with Gasteiger partial charge in [-0.2, -0.15) is 0 Å². The summed E-state index contributed by atoms with van der Waals surface area (Å²) in [6.07, 6.45) is 1.83. The van der Waals surface area contributed by atoms with Crippen molar-refractivity contribution in [3.8, 4) is 34.2 Å². The van der Waals surface area contributed by atoms with E-state index in [1.807, 2.05) is 48.0 Å². The van der Waals surface area contributed by atoms with Gasteiger partial charge in [-0.1, -0.05) is 30.0 Å². The lowest BCUT2D eigenvalue weighted by Gasteiger charge is -2.08. The molecule has 9 nitrogen and oxygen atoms in total. The molecule has 0 saturated carbocycles. The Morgan fingerprint density at radius 1 is 1.15 bits per heavy atom. The van der Waals surface area contributed by atoms with Gasteiger partial charge in [-0.25, -0.2) is 4.98 Å². The summed E-state index contributed by atoms with van der Waals surface area (Å²) in [5.41, 5.74) is 3.32. The van der Waals surface area contributed by atoms with E-state index >= 15 is 0 Å². The van der Waals surface area contributed by atoms with Crippen molar-refractivity contribution in [3.63, 3.8) is 0 Å². The van der Waals surface area contributed by atoms with Crippen LogP contribution in [0.5, 0.6) is 11.5 Å². The average molecular weight is 494 g/mol. The molecule has 0 fully saturated rings. The van der Waals surface area contributed by atoms with Gasteiger partial charge in [0.1, 0.15) is 11.5 Å². The molecular weight excluding hydrogens is 474 g/mol. The third-order valence-corrected chi connectivity index (χ3v) is 6.56. The molecule has 3 aromatic heterocycles. The third-order valence-electron chi connectivity index (χ3n) is 4.99. The molecule has 2 N–H and O–H groups in total. The van der Waals surface area contributed by atoms with Crippen LogP contribution in [0.25, 0.3) is 33.6 Å². The Kier molecular flexibility index (Phi) is 6.19. The zero-order valence-electron chi connectivity index (χ0n) is 18.2. The maximum atomic E-state index is 12.4.